The van der Waals surface area contributed by atoms with Gasteiger partial charge in [0.1, 0.15) is 5.82 Å². The smallest absolute Gasteiger partial charge is 0.335 e. The summed E-state index contributed by atoms with van der Waals surface area (Å²) in [6.07, 6.45) is 0. The molecule has 7 heteroatoms. The summed E-state index contributed by atoms with van der Waals surface area (Å²) in [6, 6.07) is 3.06. The molecule has 1 aromatic rings. The standard InChI is InChI=1S/C12H13FN2O4/c1-7(16)15(2)6-11(17)14-10-5-8(12(18)19)3-4-9(10)13/h3-5H,6H2,1-2H3,(H,14,17)(H,18,19). The van der Waals surface area contributed by atoms with Crippen LogP contribution in [0.1, 0.15) is 17.3 Å². The number of nitrogens with one attached hydrogen (secondary N) is 1. The van der Waals surface area contributed by atoms with Gasteiger partial charge < -0.3 is 15.3 Å². The van der Waals surface area contributed by atoms with Gasteiger partial charge in [0.05, 0.1) is 17.8 Å². The quantitative estimate of drug-likeness (QED) is 0.850. The van der Waals surface area contributed by atoms with E-state index in [1.165, 1.54) is 14.0 Å². The molecule has 102 valence electrons. The van der Waals surface area contributed by atoms with E-state index in [9.17, 15) is 18.8 Å². The van der Waals surface area contributed by atoms with Crippen molar-refractivity contribution in [2.24, 2.45) is 0 Å². The fourth-order valence-electron chi connectivity index (χ4n) is 1.27. The van der Waals surface area contributed by atoms with Gasteiger partial charge in [-0.05, 0) is 18.2 Å². The van der Waals surface area contributed by atoms with Crippen LogP contribution in [0.2, 0.25) is 0 Å². The molecule has 0 saturated carbocycles. The minimum Gasteiger partial charge on any atom is -0.478 e. The van der Waals surface area contributed by atoms with Crippen LogP contribution in [0.5, 0.6) is 0 Å². The van der Waals surface area contributed by atoms with Crippen molar-refractivity contribution < 1.29 is 23.9 Å². The van der Waals surface area contributed by atoms with E-state index in [0.29, 0.717) is 0 Å². The molecule has 0 radical (unpaired) electrons. The monoisotopic (exact) mass is 268 g/mol. The molecule has 0 aromatic heterocycles. The summed E-state index contributed by atoms with van der Waals surface area (Å²) in [5.41, 5.74) is -0.376. The first-order valence-electron chi connectivity index (χ1n) is 5.35. The molecule has 1 rings (SSSR count). The number of anilines is 1. The molecule has 0 atom stereocenters. The number of nitrogens with zero attached hydrogens (tertiary/aromatic N) is 1. The molecule has 0 saturated heterocycles. The summed E-state index contributed by atoms with van der Waals surface area (Å²) in [5.74, 6) is -2.89. The van der Waals surface area contributed by atoms with Crippen LogP contribution in [-0.4, -0.2) is 41.4 Å². The maximum Gasteiger partial charge on any atom is 0.335 e. The molecule has 0 aliphatic carbocycles. The number of hydrogen-bond donors (Lipinski definition) is 2. The molecule has 2 N–H and O–H groups in total. The first kappa shape index (κ1) is 14.6. The molecule has 0 bridgehead atoms. The maximum absolute atomic E-state index is 13.4. The maximum atomic E-state index is 13.4. The van der Waals surface area contributed by atoms with Crippen molar-refractivity contribution in [3.63, 3.8) is 0 Å². The Kier molecular flexibility index (Phi) is 4.57. The van der Waals surface area contributed by atoms with Crippen LogP contribution in [0.4, 0.5) is 10.1 Å². The highest BCUT2D eigenvalue weighted by Crippen LogP contribution is 2.16. The van der Waals surface area contributed by atoms with Crippen LogP contribution in [0.25, 0.3) is 0 Å². The van der Waals surface area contributed by atoms with Crippen molar-refractivity contribution in [3.05, 3.63) is 29.6 Å². The Balaban J connectivity index is 2.81. The van der Waals surface area contributed by atoms with E-state index >= 15 is 0 Å². The topological polar surface area (TPSA) is 86.7 Å². The summed E-state index contributed by atoms with van der Waals surface area (Å²) in [6.45, 7) is 1.05. The minimum atomic E-state index is -1.23. The third-order valence-corrected chi connectivity index (χ3v) is 2.41. The number of hydrogen-bond acceptors (Lipinski definition) is 3. The predicted molar refractivity (Wildman–Crippen MR) is 65.3 cm³/mol. The second-order valence-electron chi connectivity index (χ2n) is 3.92. The van der Waals surface area contributed by atoms with Crippen molar-refractivity contribution in [1.82, 2.24) is 4.90 Å². The second-order valence-corrected chi connectivity index (χ2v) is 3.92. The largest absolute Gasteiger partial charge is 0.478 e. The molecule has 1 aromatic carbocycles. The van der Waals surface area contributed by atoms with Gasteiger partial charge in [-0.2, -0.15) is 0 Å². The average molecular weight is 268 g/mol. The van der Waals surface area contributed by atoms with Crippen LogP contribution in [-0.2, 0) is 9.59 Å². The summed E-state index contributed by atoms with van der Waals surface area (Å²) in [4.78, 5) is 34.4. The molecule has 0 aliphatic rings. The number of amides is 2. The third kappa shape index (κ3) is 4.06. The Morgan fingerprint density at radius 1 is 1.37 bits per heavy atom. The summed E-state index contributed by atoms with van der Waals surface area (Å²) >= 11 is 0. The Morgan fingerprint density at radius 2 is 2.00 bits per heavy atom. The SMILES string of the molecule is CC(=O)N(C)CC(=O)Nc1cc(C(=O)O)ccc1F. The Hall–Kier alpha value is -2.44. The lowest BCUT2D eigenvalue weighted by atomic mass is 10.2. The zero-order chi connectivity index (χ0) is 14.6. The predicted octanol–water partition coefficient (Wildman–Crippen LogP) is 0.941. The van der Waals surface area contributed by atoms with E-state index in [1.54, 1.807) is 0 Å². The van der Waals surface area contributed by atoms with E-state index in [2.05, 4.69) is 5.32 Å². The number of halogens is 1. The zero-order valence-corrected chi connectivity index (χ0v) is 10.4. The molecule has 0 aliphatic heterocycles. The molecular formula is C12H13FN2O4. The van der Waals surface area contributed by atoms with Gasteiger partial charge in [-0.25, -0.2) is 9.18 Å². The number of carbonyl (C=O) groups excluding carboxylic acids is 2. The number of rotatable bonds is 4. The van der Waals surface area contributed by atoms with Gasteiger partial charge >= 0.3 is 5.97 Å². The Morgan fingerprint density at radius 3 is 2.53 bits per heavy atom. The summed E-state index contributed by atoms with van der Waals surface area (Å²) in [7, 11) is 1.42. The Labute approximate surface area is 108 Å². The fourth-order valence-corrected chi connectivity index (χ4v) is 1.27. The number of benzene rings is 1. The van der Waals surface area contributed by atoms with Gasteiger partial charge in [-0.1, -0.05) is 0 Å². The van der Waals surface area contributed by atoms with Crippen LogP contribution in [0.15, 0.2) is 18.2 Å². The van der Waals surface area contributed by atoms with E-state index < -0.39 is 17.7 Å². The number of aromatic carboxylic acids is 1. The molecule has 0 fully saturated rings. The van der Waals surface area contributed by atoms with E-state index in [4.69, 9.17) is 5.11 Å². The number of likely N-dealkylation sites (N-methyl/N-ethyl adjacent to an activating group) is 1. The van der Waals surface area contributed by atoms with E-state index in [1.807, 2.05) is 0 Å². The molecule has 0 heterocycles. The van der Waals surface area contributed by atoms with Gasteiger partial charge in [-0.3, -0.25) is 9.59 Å². The molecule has 0 spiro atoms. The molecular weight excluding hydrogens is 255 g/mol. The fraction of sp³-hybridized carbons (Fsp3) is 0.250. The highest BCUT2D eigenvalue weighted by molar-refractivity contribution is 5.96. The van der Waals surface area contributed by atoms with Crippen molar-refractivity contribution in [2.45, 2.75) is 6.92 Å². The molecule has 19 heavy (non-hydrogen) atoms. The first-order valence-corrected chi connectivity index (χ1v) is 5.35. The van der Waals surface area contributed by atoms with Crippen LogP contribution in [0, 0.1) is 5.82 Å². The van der Waals surface area contributed by atoms with E-state index in [0.717, 1.165) is 23.1 Å². The minimum absolute atomic E-state index is 0.142. The van der Waals surface area contributed by atoms with Gasteiger partial charge in [0.2, 0.25) is 11.8 Å². The lowest BCUT2D eigenvalue weighted by Crippen LogP contribution is -2.33. The molecule has 6 nitrogen and oxygen atoms in total. The third-order valence-electron chi connectivity index (χ3n) is 2.41. The molecule has 2 amide bonds. The Bertz CT molecular complexity index is 530. The van der Waals surface area contributed by atoms with Crippen molar-refractivity contribution >= 4 is 23.5 Å². The molecule has 0 unspecified atom stereocenters. The van der Waals surface area contributed by atoms with Gasteiger partial charge in [0.15, 0.2) is 0 Å². The zero-order valence-electron chi connectivity index (χ0n) is 10.4. The van der Waals surface area contributed by atoms with Crippen LogP contribution >= 0.6 is 0 Å². The number of carbonyl (C=O) groups is 3. The van der Waals surface area contributed by atoms with Gasteiger partial charge in [-0.15, -0.1) is 0 Å². The lowest BCUT2D eigenvalue weighted by molar-refractivity contribution is -0.131. The van der Waals surface area contributed by atoms with Crippen molar-refractivity contribution in [3.8, 4) is 0 Å². The van der Waals surface area contributed by atoms with Crippen molar-refractivity contribution in [2.75, 3.05) is 18.9 Å². The second kappa shape index (κ2) is 5.94. The first-order chi connectivity index (χ1) is 8.81. The van der Waals surface area contributed by atoms with Crippen LogP contribution < -0.4 is 5.32 Å². The highest BCUT2D eigenvalue weighted by Gasteiger charge is 2.13. The average Bonchev–Trinajstić information content (AvgIpc) is 2.31. The normalized spacial score (nSPS) is 9.84. The number of carboxylic acid groups (broad SMARTS) is 1. The van der Waals surface area contributed by atoms with E-state index in [-0.39, 0.29) is 23.7 Å². The summed E-state index contributed by atoms with van der Waals surface area (Å²) in [5, 5.41) is 11.0. The van der Waals surface area contributed by atoms with Gasteiger partial charge in [0, 0.05) is 14.0 Å². The van der Waals surface area contributed by atoms with Gasteiger partial charge in [0.25, 0.3) is 0 Å². The highest BCUT2D eigenvalue weighted by atomic mass is 19.1. The van der Waals surface area contributed by atoms with Crippen molar-refractivity contribution in [1.29, 1.82) is 0 Å². The van der Waals surface area contributed by atoms with Crippen LogP contribution in [0.3, 0.4) is 0 Å². The number of carboxylic acids is 1. The lowest BCUT2D eigenvalue weighted by Gasteiger charge is -2.14. The summed E-state index contributed by atoms with van der Waals surface area (Å²) < 4.78 is 13.4.